The number of rotatable bonds is 12. The van der Waals surface area contributed by atoms with Crippen LogP contribution >= 0.6 is 11.6 Å². The summed E-state index contributed by atoms with van der Waals surface area (Å²) in [5.41, 5.74) is 2.85. The topological polar surface area (TPSA) is 101 Å². The van der Waals surface area contributed by atoms with E-state index in [9.17, 15) is 23.9 Å². The lowest BCUT2D eigenvalue weighted by molar-refractivity contribution is -0.140. The lowest BCUT2D eigenvalue weighted by Gasteiger charge is -2.32. The monoisotopic (exact) mass is 670 g/mol. The number of piperidine rings is 1. The maximum Gasteiger partial charge on any atom is 0.320 e. The molecule has 2 fully saturated rings. The molecule has 1 saturated carbocycles. The number of fused-ring (bicyclic) bond motifs is 1. The maximum absolute atomic E-state index is 14.6. The molecule has 0 spiro atoms. The number of halogens is 3. The molecule has 0 amide bonds. The van der Waals surface area contributed by atoms with Gasteiger partial charge >= 0.3 is 5.97 Å². The van der Waals surface area contributed by atoms with Crippen LogP contribution in [0, 0.1) is 46.1 Å². The van der Waals surface area contributed by atoms with Crippen molar-refractivity contribution < 1.29 is 28.2 Å². The summed E-state index contributed by atoms with van der Waals surface area (Å²) < 4.78 is 42.7. The van der Waals surface area contributed by atoms with E-state index in [1.165, 1.54) is 18.2 Å². The van der Waals surface area contributed by atoms with Crippen LogP contribution in [0.25, 0.3) is 11.0 Å². The third kappa shape index (κ3) is 6.69. The largest absolute Gasteiger partial charge is 0.490 e. The van der Waals surface area contributed by atoms with E-state index in [0.29, 0.717) is 25.3 Å². The minimum atomic E-state index is -0.911. The molecule has 2 aliphatic carbocycles. The first-order chi connectivity index (χ1) is 23.2. The average Bonchev–Trinajstić information content (AvgIpc) is 3.72. The summed E-state index contributed by atoms with van der Waals surface area (Å²) in [5.74, 6) is 4.15. The van der Waals surface area contributed by atoms with Gasteiger partial charge in [0.05, 0.1) is 29.6 Å². The van der Waals surface area contributed by atoms with Gasteiger partial charge in [-0.1, -0.05) is 29.5 Å². The van der Waals surface area contributed by atoms with Crippen molar-refractivity contribution in [2.45, 2.75) is 63.8 Å². The van der Waals surface area contributed by atoms with Crippen LogP contribution in [0.1, 0.15) is 55.0 Å². The lowest BCUT2D eigenvalue weighted by atomic mass is 9.80. The highest BCUT2D eigenvalue weighted by molar-refractivity contribution is 6.30. The van der Waals surface area contributed by atoms with E-state index >= 15 is 0 Å². The van der Waals surface area contributed by atoms with Gasteiger partial charge in [0, 0.05) is 42.1 Å². The zero-order valence-electron chi connectivity index (χ0n) is 26.1. The SMILES string of the molecule is N#CCC1(Cn2c(CN3CCC(Oc4ccc(F)c(COc5ccc(Cl)cc5F)c4)CC3)nc3ccc(C4C#CC4C(=O)O)cc32)CC1. The summed E-state index contributed by atoms with van der Waals surface area (Å²) in [7, 11) is 0. The first-order valence-electron chi connectivity index (χ1n) is 16.1. The van der Waals surface area contributed by atoms with Crippen molar-refractivity contribution in [2.75, 3.05) is 13.1 Å². The van der Waals surface area contributed by atoms with Crippen molar-refractivity contribution in [1.82, 2.24) is 14.5 Å². The molecule has 8 nitrogen and oxygen atoms in total. The number of nitrogens with zero attached hydrogens (tertiary/aromatic N) is 4. The smallest absolute Gasteiger partial charge is 0.320 e. The number of benzene rings is 3. The van der Waals surface area contributed by atoms with Crippen molar-refractivity contribution in [3.05, 3.63) is 88.2 Å². The van der Waals surface area contributed by atoms with Crippen molar-refractivity contribution in [2.24, 2.45) is 11.3 Å². The third-order valence-electron chi connectivity index (χ3n) is 9.61. The fourth-order valence-electron chi connectivity index (χ4n) is 6.54. The Morgan fingerprint density at radius 1 is 1.08 bits per heavy atom. The van der Waals surface area contributed by atoms with E-state index in [2.05, 4.69) is 27.4 Å². The number of hydrogen-bond acceptors (Lipinski definition) is 6. The first kappa shape index (κ1) is 31.9. The Hall–Kier alpha value is -4.64. The average molecular weight is 671 g/mol. The highest BCUT2D eigenvalue weighted by Gasteiger charge is 2.43. The van der Waals surface area contributed by atoms with Crippen LogP contribution in [0.3, 0.4) is 0 Å². The Labute approximate surface area is 281 Å². The number of aliphatic carboxylic acids is 1. The standard InChI is InChI=1S/C37H33ClF2N4O4/c38-25-2-8-34(31(40)19-25)47-21-24-17-27(3-6-30(24)39)48-26-9-15-43(16-10-26)20-35-42-32-7-1-23(28-4-5-29(28)36(45)46)18-33(32)44(35)22-37(11-12-37)13-14-41/h1-3,6-8,17-19,26,28-29H,9-13,15-16,20-22H2,(H,45,46). The van der Waals surface area contributed by atoms with Crippen LogP contribution in [0.4, 0.5) is 8.78 Å². The van der Waals surface area contributed by atoms with E-state index in [0.717, 1.165) is 67.3 Å². The van der Waals surface area contributed by atoms with Gasteiger partial charge in [-0.05, 0) is 79.8 Å². The summed E-state index contributed by atoms with van der Waals surface area (Å²) >= 11 is 5.81. The summed E-state index contributed by atoms with van der Waals surface area (Å²) in [4.78, 5) is 19.0. The minimum Gasteiger partial charge on any atom is -0.490 e. The second kappa shape index (κ2) is 13.1. The molecule has 2 atom stereocenters. The predicted octanol–water partition coefficient (Wildman–Crippen LogP) is 7.09. The normalized spacial score (nSPS) is 20.0. The van der Waals surface area contributed by atoms with Gasteiger partial charge in [0.1, 0.15) is 36.0 Å². The van der Waals surface area contributed by atoms with Gasteiger partial charge in [-0.15, -0.1) is 0 Å². The molecule has 0 radical (unpaired) electrons. The van der Waals surface area contributed by atoms with Crippen LogP contribution in [0.2, 0.25) is 5.02 Å². The molecule has 11 heteroatoms. The van der Waals surface area contributed by atoms with E-state index in [-0.39, 0.29) is 40.4 Å². The van der Waals surface area contributed by atoms with Crippen molar-refractivity contribution in [1.29, 1.82) is 5.26 Å². The number of likely N-dealkylation sites (tertiary alicyclic amines) is 1. The van der Waals surface area contributed by atoms with E-state index < -0.39 is 23.5 Å². The number of aromatic nitrogens is 2. The third-order valence-corrected chi connectivity index (χ3v) is 9.84. The Bertz CT molecular complexity index is 1980. The molecule has 1 saturated heterocycles. The molecule has 2 heterocycles. The van der Waals surface area contributed by atoms with Crippen LogP contribution in [-0.2, 0) is 24.5 Å². The Balaban J connectivity index is 1.02. The quantitative estimate of drug-likeness (QED) is 0.161. The van der Waals surface area contributed by atoms with E-state index in [1.807, 2.05) is 18.2 Å². The van der Waals surface area contributed by atoms with Crippen molar-refractivity contribution in [3.8, 4) is 29.4 Å². The van der Waals surface area contributed by atoms with E-state index in [1.54, 1.807) is 12.1 Å². The second-order valence-electron chi connectivity index (χ2n) is 13.0. The van der Waals surface area contributed by atoms with Crippen molar-refractivity contribution >= 4 is 28.6 Å². The van der Waals surface area contributed by atoms with Crippen molar-refractivity contribution in [3.63, 3.8) is 0 Å². The molecule has 246 valence electrons. The maximum atomic E-state index is 14.6. The fraction of sp³-hybridized carbons (Fsp3) is 0.378. The summed E-state index contributed by atoms with van der Waals surface area (Å²) in [6.45, 7) is 2.70. The minimum absolute atomic E-state index is 0.0108. The molecule has 1 aliphatic heterocycles. The highest BCUT2D eigenvalue weighted by Crippen LogP contribution is 2.50. The molecule has 3 aliphatic rings. The Morgan fingerprint density at radius 2 is 1.90 bits per heavy atom. The molecule has 7 rings (SSSR count). The van der Waals surface area contributed by atoms with Gasteiger partial charge in [-0.25, -0.2) is 13.8 Å². The van der Waals surface area contributed by atoms with Crippen LogP contribution in [0.15, 0.2) is 54.6 Å². The fourth-order valence-corrected chi connectivity index (χ4v) is 6.70. The van der Waals surface area contributed by atoms with Crippen LogP contribution in [0.5, 0.6) is 11.5 Å². The zero-order chi connectivity index (χ0) is 33.4. The van der Waals surface area contributed by atoms with Gasteiger partial charge in [0.25, 0.3) is 0 Å². The van der Waals surface area contributed by atoms with Crippen LogP contribution < -0.4 is 9.47 Å². The number of carboxylic acid groups (broad SMARTS) is 1. The molecule has 1 N–H and O–H groups in total. The number of nitriles is 1. The molecule has 4 aromatic rings. The number of carboxylic acids is 1. The van der Waals surface area contributed by atoms with Gasteiger partial charge in [-0.2, -0.15) is 5.26 Å². The molecule has 48 heavy (non-hydrogen) atoms. The number of ether oxygens (including phenoxy) is 2. The zero-order valence-corrected chi connectivity index (χ0v) is 26.8. The van der Waals surface area contributed by atoms with Gasteiger partial charge in [0.2, 0.25) is 0 Å². The first-order valence-corrected chi connectivity index (χ1v) is 16.4. The molecular formula is C37H33ClF2N4O4. The highest BCUT2D eigenvalue weighted by atomic mass is 35.5. The van der Waals surface area contributed by atoms with Gasteiger partial charge in [0.15, 0.2) is 11.6 Å². The van der Waals surface area contributed by atoms with Gasteiger partial charge in [-0.3, -0.25) is 9.69 Å². The lowest BCUT2D eigenvalue weighted by Crippen LogP contribution is -2.38. The second-order valence-corrected chi connectivity index (χ2v) is 13.4. The summed E-state index contributed by atoms with van der Waals surface area (Å²) in [6, 6.07) is 16.8. The van der Waals surface area contributed by atoms with Gasteiger partial charge < -0.3 is 19.1 Å². The number of carbonyl (C=O) groups is 1. The molecule has 3 aromatic carbocycles. The number of imidazole rings is 1. The van der Waals surface area contributed by atoms with Crippen LogP contribution in [-0.4, -0.2) is 44.7 Å². The molecule has 1 aromatic heterocycles. The summed E-state index contributed by atoms with van der Waals surface area (Å²) in [6.07, 6.45) is 3.93. The molecule has 2 unspecified atom stereocenters. The molecule has 0 bridgehead atoms. The predicted molar refractivity (Wildman–Crippen MR) is 174 cm³/mol. The number of hydrogen-bond donors (Lipinski definition) is 1. The Kier molecular flexibility index (Phi) is 8.72. The molecular weight excluding hydrogens is 638 g/mol. The Morgan fingerprint density at radius 3 is 2.58 bits per heavy atom. The van der Waals surface area contributed by atoms with E-state index in [4.69, 9.17) is 26.1 Å². The summed E-state index contributed by atoms with van der Waals surface area (Å²) in [5, 5.41) is 19.3.